The zero-order valence-electron chi connectivity index (χ0n) is 13.2. The minimum absolute atomic E-state index is 0.184. The lowest BCUT2D eigenvalue weighted by atomic mass is 10.0. The summed E-state index contributed by atoms with van der Waals surface area (Å²) in [7, 11) is -3.29. The highest BCUT2D eigenvalue weighted by Crippen LogP contribution is 2.30. The Bertz CT molecular complexity index is 1030. The Balaban J connectivity index is 2.08. The Morgan fingerprint density at radius 1 is 1.12 bits per heavy atom. The van der Waals surface area contributed by atoms with Crippen LogP contribution in [0.2, 0.25) is 0 Å². The van der Waals surface area contributed by atoms with Crippen LogP contribution in [0, 0.1) is 0 Å². The van der Waals surface area contributed by atoms with Crippen molar-refractivity contribution in [1.82, 2.24) is 0 Å². The van der Waals surface area contributed by atoms with Crippen LogP contribution in [-0.4, -0.2) is 20.5 Å². The van der Waals surface area contributed by atoms with Crippen LogP contribution < -0.4 is 0 Å². The number of hydrogen-bond acceptors (Lipinski definition) is 4. The lowest BCUT2D eigenvalue weighted by Crippen LogP contribution is -2.04. The maximum atomic E-state index is 12.8. The molecule has 3 rings (SSSR count). The Morgan fingerprint density at radius 2 is 1.79 bits per heavy atom. The van der Waals surface area contributed by atoms with Gasteiger partial charge in [0.25, 0.3) is 0 Å². The number of aryl methyl sites for hydroxylation is 1. The van der Waals surface area contributed by atoms with Crippen LogP contribution in [-0.2, 0) is 16.3 Å². The van der Waals surface area contributed by atoms with Crippen molar-refractivity contribution in [3.8, 4) is 0 Å². The summed E-state index contributed by atoms with van der Waals surface area (Å²) in [5.41, 5.74) is 1.91. The van der Waals surface area contributed by atoms with Crippen LogP contribution >= 0.6 is 15.9 Å². The standard InChI is InChI=1S/C18H15BrO4S/c1-3-14-15-10-12(19)6-9-16(15)23-18(14)17(20)11-4-7-13(8-5-11)24(2,21)22/h4-10H,3H2,1-2H3. The summed E-state index contributed by atoms with van der Waals surface area (Å²) in [5.74, 6) is 0.0527. The molecule has 24 heavy (non-hydrogen) atoms. The van der Waals surface area contributed by atoms with Gasteiger partial charge in [-0.25, -0.2) is 8.42 Å². The summed E-state index contributed by atoms with van der Waals surface area (Å²) in [5, 5.41) is 0.906. The quantitative estimate of drug-likeness (QED) is 0.602. The van der Waals surface area contributed by atoms with Gasteiger partial charge >= 0.3 is 0 Å². The first-order valence-corrected chi connectivity index (χ1v) is 10.1. The molecule has 0 aliphatic heterocycles. The van der Waals surface area contributed by atoms with E-state index < -0.39 is 9.84 Å². The molecule has 0 bridgehead atoms. The number of hydrogen-bond donors (Lipinski definition) is 0. The molecule has 0 unspecified atom stereocenters. The van der Waals surface area contributed by atoms with Crippen molar-refractivity contribution < 1.29 is 17.6 Å². The Hall–Kier alpha value is -1.92. The number of fused-ring (bicyclic) bond motifs is 1. The lowest BCUT2D eigenvalue weighted by molar-refractivity contribution is 0.101. The summed E-state index contributed by atoms with van der Waals surface area (Å²) < 4.78 is 29.7. The van der Waals surface area contributed by atoms with E-state index in [1.165, 1.54) is 24.3 Å². The van der Waals surface area contributed by atoms with Gasteiger partial charge in [0.1, 0.15) is 5.58 Å². The molecule has 2 aromatic carbocycles. The van der Waals surface area contributed by atoms with Gasteiger partial charge in [-0.1, -0.05) is 22.9 Å². The first-order chi connectivity index (χ1) is 11.3. The van der Waals surface area contributed by atoms with E-state index in [0.717, 1.165) is 21.7 Å². The molecule has 0 amide bonds. The van der Waals surface area contributed by atoms with Crippen molar-refractivity contribution in [2.75, 3.05) is 6.26 Å². The molecular weight excluding hydrogens is 392 g/mol. The first-order valence-electron chi connectivity index (χ1n) is 7.37. The van der Waals surface area contributed by atoms with Crippen LogP contribution in [0.4, 0.5) is 0 Å². The molecule has 1 aromatic heterocycles. The fourth-order valence-electron chi connectivity index (χ4n) is 2.64. The Kier molecular flexibility index (Phi) is 4.36. The second-order valence-corrected chi connectivity index (χ2v) is 8.46. The van der Waals surface area contributed by atoms with E-state index in [1.54, 1.807) is 0 Å². The molecular formula is C18H15BrO4S. The molecule has 0 fully saturated rings. The number of halogens is 1. The highest BCUT2D eigenvalue weighted by Gasteiger charge is 2.21. The monoisotopic (exact) mass is 406 g/mol. The lowest BCUT2D eigenvalue weighted by Gasteiger charge is -2.02. The Morgan fingerprint density at radius 3 is 2.38 bits per heavy atom. The van der Waals surface area contributed by atoms with Crippen molar-refractivity contribution >= 4 is 42.5 Å². The number of carbonyl (C=O) groups is 1. The van der Waals surface area contributed by atoms with Crippen LogP contribution in [0.5, 0.6) is 0 Å². The highest BCUT2D eigenvalue weighted by molar-refractivity contribution is 9.10. The van der Waals surface area contributed by atoms with Crippen LogP contribution in [0.3, 0.4) is 0 Å². The third-order valence-corrected chi connectivity index (χ3v) is 5.48. The molecule has 6 heteroatoms. The topological polar surface area (TPSA) is 64.3 Å². The predicted octanol–water partition coefficient (Wildman–Crippen LogP) is 4.39. The SMILES string of the molecule is CCc1c(C(=O)c2ccc(S(C)(=O)=O)cc2)oc2ccc(Br)cc12. The molecule has 0 radical (unpaired) electrons. The predicted molar refractivity (Wildman–Crippen MR) is 96.3 cm³/mol. The van der Waals surface area contributed by atoms with Crippen molar-refractivity contribution in [3.63, 3.8) is 0 Å². The number of benzene rings is 2. The maximum absolute atomic E-state index is 12.8. The normalized spacial score (nSPS) is 11.8. The third-order valence-electron chi connectivity index (χ3n) is 3.86. The molecule has 0 atom stereocenters. The van der Waals surface area contributed by atoms with E-state index in [9.17, 15) is 13.2 Å². The summed E-state index contributed by atoms with van der Waals surface area (Å²) in [6.45, 7) is 1.97. The molecule has 124 valence electrons. The maximum Gasteiger partial charge on any atom is 0.228 e. The van der Waals surface area contributed by atoms with E-state index >= 15 is 0 Å². The van der Waals surface area contributed by atoms with Crippen LogP contribution in [0.25, 0.3) is 11.0 Å². The molecule has 4 nitrogen and oxygen atoms in total. The number of ketones is 1. The van der Waals surface area contributed by atoms with Crippen molar-refractivity contribution in [3.05, 3.63) is 63.8 Å². The van der Waals surface area contributed by atoms with E-state index in [2.05, 4.69) is 15.9 Å². The molecule has 0 saturated carbocycles. The molecule has 0 aliphatic rings. The van der Waals surface area contributed by atoms with Crippen molar-refractivity contribution in [2.24, 2.45) is 0 Å². The fraction of sp³-hybridized carbons (Fsp3) is 0.167. The molecule has 0 N–H and O–H groups in total. The summed E-state index contributed by atoms with van der Waals surface area (Å²) >= 11 is 3.43. The zero-order chi connectivity index (χ0) is 17.5. The zero-order valence-corrected chi connectivity index (χ0v) is 15.6. The van der Waals surface area contributed by atoms with Gasteiger partial charge in [-0.05, 0) is 48.9 Å². The van der Waals surface area contributed by atoms with Gasteiger partial charge in [0, 0.05) is 27.2 Å². The van der Waals surface area contributed by atoms with Gasteiger partial charge in [-0.15, -0.1) is 0 Å². The average molecular weight is 407 g/mol. The summed E-state index contributed by atoms with van der Waals surface area (Å²) in [6.07, 6.45) is 1.79. The molecule has 0 saturated heterocycles. The largest absolute Gasteiger partial charge is 0.452 e. The van der Waals surface area contributed by atoms with E-state index in [1.807, 2.05) is 25.1 Å². The number of furan rings is 1. The van der Waals surface area contributed by atoms with E-state index in [4.69, 9.17) is 4.42 Å². The van der Waals surface area contributed by atoms with Crippen LogP contribution in [0.1, 0.15) is 28.6 Å². The third kappa shape index (κ3) is 3.03. The minimum atomic E-state index is -3.29. The highest BCUT2D eigenvalue weighted by atomic mass is 79.9. The summed E-state index contributed by atoms with van der Waals surface area (Å²) in [4.78, 5) is 13.0. The number of rotatable bonds is 4. The van der Waals surface area contributed by atoms with Gasteiger partial charge in [-0.3, -0.25) is 4.79 Å². The average Bonchev–Trinajstić information content (AvgIpc) is 2.91. The van der Waals surface area contributed by atoms with Crippen molar-refractivity contribution in [1.29, 1.82) is 0 Å². The number of carbonyl (C=O) groups excluding carboxylic acids is 1. The number of sulfone groups is 1. The van der Waals surface area contributed by atoms with E-state index in [-0.39, 0.29) is 10.7 Å². The smallest absolute Gasteiger partial charge is 0.228 e. The molecule has 1 heterocycles. The minimum Gasteiger partial charge on any atom is -0.452 e. The second-order valence-electron chi connectivity index (χ2n) is 5.53. The molecule has 3 aromatic rings. The van der Waals surface area contributed by atoms with Crippen molar-refractivity contribution in [2.45, 2.75) is 18.2 Å². The fourth-order valence-corrected chi connectivity index (χ4v) is 3.63. The van der Waals surface area contributed by atoms with Gasteiger partial charge in [0.05, 0.1) is 4.90 Å². The first kappa shape index (κ1) is 16.9. The Labute approximate surface area is 148 Å². The summed E-state index contributed by atoms with van der Waals surface area (Å²) in [6, 6.07) is 11.5. The molecule has 0 aliphatic carbocycles. The second kappa shape index (κ2) is 6.18. The van der Waals surface area contributed by atoms with Gasteiger partial charge < -0.3 is 4.42 Å². The van der Waals surface area contributed by atoms with E-state index in [0.29, 0.717) is 23.3 Å². The van der Waals surface area contributed by atoms with Gasteiger partial charge in [0.2, 0.25) is 5.78 Å². The van der Waals surface area contributed by atoms with Gasteiger partial charge in [-0.2, -0.15) is 0 Å². The van der Waals surface area contributed by atoms with Crippen LogP contribution in [0.15, 0.2) is 56.2 Å². The molecule has 0 spiro atoms. The van der Waals surface area contributed by atoms with Gasteiger partial charge in [0.15, 0.2) is 15.6 Å².